The molecular weight excluding hydrogens is 318 g/mol. The van der Waals surface area contributed by atoms with Gasteiger partial charge >= 0.3 is 0 Å². The average Bonchev–Trinajstić information content (AvgIpc) is 2.87. The number of nitro groups is 1. The Labute approximate surface area is 146 Å². The van der Waals surface area contributed by atoms with Crippen LogP contribution >= 0.6 is 0 Å². The fraction of sp³-hybridized carbons (Fsp3) is 0.263. The largest absolute Gasteiger partial charge is 0.348 e. The van der Waals surface area contributed by atoms with Crippen molar-refractivity contribution in [3.05, 3.63) is 68.5 Å². The Hall–Kier alpha value is -3.20. The first-order chi connectivity index (χ1) is 11.9. The fourth-order valence-corrected chi connectivity index (χ4v) is 2.82. The molecular formula is C19H19N3O3. The van der Waals surface area contributed by atoms with E-state index in [0.29, 0.717) is 5.56 Å². The Morgan fingerprint density at radius 3 is 2.64 bits per heavy atom. The smallest absolute Gasteiger partial charge is 0.276 e. The van der Waals surface area contributed by atoms with Crippen LogP contribution in [0, 0.1) is 35.3 Å². The SMILES string of the molecule is CCCn1c(C)cc(C(=O)/C(C#N)=C/c2ccccc2[N+](=O)[O-])c1C. The van der Waals surface area contributed by atoms with Crippen LogP contribution < -0.4 is 0 Å². The van der Waals surface area contributed by atoms with Gasteiger partial charge in [0.1, 0.15) is 11.6 Å². The molecule has 0 unspecified atom stereocenters. The second-order valence-electron chi connectivity index (χ2n) is 5.75. The maximum absolute atomic E-state index is 12.8. The molecule has 6 nitrogen and oxygen atoms in total. The molecule has 0 atom stereocenters. The number of ketones is 1. The minimum Gasteiger partial charge on any atom is -0.348 e. The lowest BCUT2D eigenvalue weighted by Gasteiger charge is -2.07. The van der Waals surface area contributed by atoms with E-state index in [9.17, 15) is 20.2 Å². The molecule has 0 fully saturated rings. The van der Waals surface area contributed by atoms with Crippen molar-refractivity contribution in [2.75, 3.05) is 0 Å². The second-order valence-corrected chi connectivity index (χ2v) is 5.75. The third-order valence-corrected chi connectivity index (χ3v) is 4.06. The molecule has 0 saturated carbocycles. The fourth-order valence-electron chi connectivity index (χ4n) is 2.82. The van der Waals surface area contributed by atoms with Crippen LogP contribution in [0.2, 0.25) is 0 Å². The molecule has 2 rings (SSSR count). The molecule has 0 saturated heterocycles. The first kappa shape index (κ1) is 18.1. The summed E-state index contributed by atoms with van der Waals surface area (Å²) in [4.78, 5) is 23.4. The lowest BCUT2D eigenvalue weighted by atomic mass is 10.0. The Bertz CT molecular complexity index is 901. The number of aryl methyl sites for hydroxylation is 1. The van der Waals surface area contributed by atoms with Crippen molar-refractivity contribution in [2.24, 2.45) is 0 Å². The zero-order chi connectivity index (χ0) is 18.6. The molecule has 1 heterocycles. The number of hydrogen-bond donors (Lipinski definition) is 0. The Balaban J connectivity index is 2.49. The van der Waals surface area contributed by atoms with E-state index in [4.69, 9.17) is 0 Å². The number of allylic oxidation sites excluding steroid dienone is 1. The van der Waals surface area contributed by atoms with Crippen molar-refractivity contribution >= 4 is 17.5 Å². The third kappa shape index (κ3) is 3.66. The molecule has 128 valence electrons. The lowest BCUT2D eigenvalue weighted by Crippen LogP contribution is -2.06. The highest BCUT2D eigenvalue weighted by molar-refractivity contribution is 6.15. The number of nitriles is 1. The van der Waals surface area contributed by atoms with E-state index in [2.05, 4.69) is 6.92 Å². The predicted molar refractivity (Wildman–Crippen MR) is 95.2 cm³/mol. The summed E-state index contributed by atoms with van der Waals surface area (Å²) >= 11 is 0. The van der Waals surface area contributed by atoms with Crippen molar-refractivity contribution in [3.63, 3.8) is 0 Å². The molecule has 1 aromatic heterocycles. The van der Waals surface area contributed by atoms with Gasteiger partial charge in [0, 0.05) is 29.6 Å². The van der Waals surface area contributed by atoms with Gasteiger partial charge in [-0.25, -0.2) is 0 Å². The van der Waals surface area contributed by atoms with E-state index in [0.717, 1.165) is 24.4 Å². The molecule has 0 aliphatic carbocycles. The van der Waals surface area contributed by atoms with Gasteiger partial charge in [0.25, 0.3) is 5.69 Å². The number of hydrogen-bond acceptors (Lipinski definition) is 4. The summed E-state index contributed by atoms with van der Waals surface area (Å²) in [6, 6.07) is 9.68. The molecule has 0 spiro atoms. The molecule has 0 radical (unpaired) electrons. The maximum Gasteiger partial charge on any atom is 0.276 e. The van der Waals surface area contributed by atoms with Crippen LogP contribution in [-0.4, -0.2) is 15.3 Å². The van der Waals surface area contributed by atoms with E-state index in [1.807, 2.05) is 24.5 Å². The summed E-state index contributed by atoms with van der Waals surface area (Å²) in [5.41, 5.74) is 2.18. The van der Waals surface area contributed by atoms with Crippen molar-refractivity contribution in [3.8, 4) is 6.07 Å². The highest BCUT2D eigenvalue weighted by Crippen LogP contribution is 2.24. The number of para-hydroxylation sites is 1. The van der Waals surface area contributed by atoms with Crippen molar-refractivity contribution in [1.29, 1.82) is 5.26 Å². The Kier molecular flexibility index (Phi) is 5.50. The van der Waals surface area contributed by atoms with Gasteiger partial charge in [0.05, 0.1) is 10.5 Å². The number of benzene rings is 1. The topological polar surface area (TPSA) is 88.9 Å². The van der Waals surface area contributed by atoms with Crippen molar-refractivity contribution in [2.45, 2.75) is 33.7 Å². The molecule has 25 heavy (non-hydrogen) atoms. The predicted octanol–water partition coefficient (Wildman–Crippen LogP) is 4.21. The zero-order valence-corrected chi connectivity index (χ0v) is 14.4. The van der Waals surface area contributed by atoms with Crippen LogP contribution in [0.5, 0.6) is 0 Å². The molecule has 1 aromatic carbocycles. The van der Waals surface area contributed by atoms with Gasteiger partial charge in [0.15, 0.2) is 0 Å². The highest BCUT2D eigenvalue weighted by Gasteiger charge is 2.20. The quantitative estimate of drug-likeness (QED) is 0.260. The van der Waals surface area contributed by atoms with Crippen LogP contribution in [0.1, 0.15) is 40.7 Å². The van der Waals surface area contributed by atoms with Gasteiger partial charge in [-0.1, -0.05) is 19.1 Å². The summed E-state index contributed by atoms with van der Waals surface area (Å²) in [6.07, 6.45) is 2.22. The van der Waals surface area contributed by atoms with Crippen LogP contribution in [0.25, 0.3) is 6.08 Å². The van der Waals surface area contributed by atoms with Crippen LogP contribution in [-0.2, 0) is 6.54 Å². The molecule has 0 bridgehead atoms. The number of carbonyl (C=O) groups excluding carboxylic acids is 1. The van der Waals surface area contributed by atoms with E-state index in [1.54, 1.807) is 18.2 Å². The molecule has 6 heteroatoms. The summed E-state index contributed by atoms with van der Waals surface area (Å²) in [7, 11) is 0. The normalized spacial score (nSPS) is 11.2. The van der Waals surface area contributed by atoms with Gasteiger partial charge in [0.2, 0.25) is 5.78 Å². The maximum atomic E-state index is 12.8. The molecule has 0 aliphatic rings. The van der Waals surface area contributed by atoms with Gasteiger partial charge in [-0.05, 0) is 38.5 Å². The summed E-state index contributed by atoms with van der Waals surface area (Å²) < 4.78 is 2.03. The average molecular weight is 337 g/mol. The van der Waals surface area contributed by atoms with E-state index < -0.39 is 10.7 Å². The number of aromatic nitrogens is 1. The number of nitrogens with zero attached hydrogens (tertiary/aromatic N) is 3. The first-order valence-corrected chi connectivity index (χ1v) is 7.97. The van der Waals surface area contributed by atoms with Gasteiger partial charge in [-0.15, -0.1) is 0 Å². The standard InChI is InChI=1S/C19H19N3O3/c1-4-9-21-13(2)10-17(14(21)3)19(23)16(12-20)11-15-7-5-6-8-18(15)22(24)25/h5-8,10-11H,4,9H2,1-3H3/b16-11+. The zero-order valence-electron chi connectivity index (χ0n) is 14.4. The number of rotatable bonds is 6. The van der Waals surface area contributed by atoms with E-state index >= 15 is 0 Å². The number of Topliss-reactive ketones (excluding diaryl/α,β-unsaturated/α-hetero) is 1. The van der Waals surface area contributed by atoms with Crippen molar-refractivity contribution in [1.82, 2.24) is 4.57 Å². The monoisotopic (exact) mass is 337 g/mol. The number of carbonyl (C=O) groups is 1. The summed E-state index contributed by atoms with van der Waals surface area (Å²) in [5, 5.41) is 20.5. The van der Waals surface area contributed by atoms with Crippen molar-refractivity contribution < 1.29 is 9.72 Å². The Morgan fingerprint density at radius 2 is 2.04 bits per heavy atom. The minimum atomic E-state index is -0.529. The number of nitro benzene ring substituents is 1. The van der Waals surface area contributed by atoms with E-state index in [1.165, 1.54) is 18.2 Å². The third-order valence-electron chi connectivity index (χ3n) is 4.06. The van der Waals surface area contributed by atoms with Gasteiger partial charge < -0.3 is 4.57 Å². The Morgan fingerprint density at radius 1 is 1.36 bits per heavy atom. The van der Waals surface area contributed by atoms with Crippen LogP contribution in [0.15, 0.2) is 35.9 Å². The van der Waals surface area contributed by atoms with E-state index in [-0.39, 0.29) is 16.8 Å². The van der Waals surface area contributed by atoms with Gasteiger partial charge in [-0.2, -0.15) is 5.26 Å². The molecule has 2 aromatic rings. The highest BCUT2D eigenvalue weighted by atomic mass is 16.6. The lowest BCUT2D eigenvalue weighted by molar-refractivity contribution is -0.385. The first-order valence-electron chi connectivity index (χ1n) is 7.97. The summed E-state index contributed by atoms with van der Waals surface area (Å²) in [6.45, 7) is 6.60. The molecule has 0 amide bonds. The van der Waals surface area contributed by atoms with Crippen LogP contribution in [0.4, 0.5) is 5.69 Å². The summed E-state index contributed by atoms with van der Waals surface area (Å²) in [5.74, 6) is -0.420. The minimum absolute atomic E-state index is 0.119. The van der Waals surface area contributed by atoms with Gasteiger partial charge in [-0.3, -0.25) is 14.9 Å². The van der Waals surface area contributed by atoms with Crippen LogP contribution in [0.3, 0.4) is 0 Å². The molecule has 0 aliphatic heterocycles. The second kappa shape index (κ2) is 7.58. The molecule has 0 N–H and O–H groups in total.